The summed E-state index contributed by atoms with van der Waals surface area (Å²) < 4.78 is 30.9. The molecule has 70 heavy (non-hydrogen) atoms. The second kappa shape index (κ2) is 28.7. The Hall–Kier alpha value is -4.26. The molecular formula is C53H83N5O12. The van der Waals surface area contributed by atoms with Gasteiger partial charge in [-0.3, -0.25) is 19.2 Å². The Morgan fingerprint density at radius 2 is 1.64 bits per heavy atom. The molecule has 1 aliphatic carbocycles. The first-order valence-electron chi connectivity index (χ1n) is 25.4. The van der Waals surface area contributed by atoms with E-state index >= 15 is 0 Å². The van der Waals surface area contributed by atoms with E-state index in [4.69, 9.17) is 23.7 Å². The first-order valence-corrected chi connectivity index (χ1v) is 25.4. The summed E-state index contributed by atoms with van der Waals surface area (Å²) in [6.45, 7) is 14.6. The Balaban J connectivity index is 1.38. The van der Waals surface area contributed by atoms with Crippen LogP contribution in [0.3, 0.4) is 0 Å². The summed E-state index contributed by atoms with van der Waals surface area (Å²) in [6.07, 6.45) is 16.2. The van der Waals surface area contributed by atoms with Crippen LogP contribution in [0.5, 0.6) is 0 Å². The van der Waals surface area contributed by atoms with Crippen molar-refractivity contribution in [3.63, 3.8) is 0 Å². The lowest BCUT2D eigenvalue weighted by Crippen LogP contribution is -2.51. The zero-order chi connectivity index (χ0) is 51.7. The molecule has 1 aromatic heterocycles. The zero-order valence-corrected chi connectivity index (χ0v) is 43.6. The van der Waals surface area contributed by atoms with Gasteiger partial charge in [0.15, 0.2) is 12.1 Å². The van der Waals surface area contributed by atoms with Gasteiger partial charge in [-0.1, -0.05) is 71.1 Å². The Bertz CT molecular complexity index is 1970. The number of piperidine rings is 1. The van der Waals surface area contributed by atoms with Gasteiger partial charge >= 0.3 is 5.97 Å². The third-order valence-electron chi connectivity index (χ3n) is 14.8. The molecule has 4 rings (SSSR count). The van der Waals surface area contributed by atoms with Crippen molar-refractivity contribution in [1.82, 2.24) is 25.1 Å². The maximum atomic E-state index is 14.1. The first kappa shape index (κ1) is 58.3. The molecule has 1 saturated carbocycles. The van der Waals surface area contributed by atoms with Gasteiger partial charge < -0.3 is 38.8 Å². The Morgan fingerprint density at radius 1 is 0.900 bits per heavy atom. The number of rotatable bonds is 26. The van der Waals surface area contributed by atoms with Gasteiger partial charge in [0.2, 0.25) is 5.78 Å². The number of methoxy groups -OCH3 is 3. The Morgan fingerprint density at radius 3 is 2.29 bits per heavy atom. The Kier molecular flexibility index (Phi) is 23.9. The lowest BCUT2D eigenvalue weighted by molar-refractivity contribution is -0.195. The highest BCUT2D eigenvalue weighted by Crippen LogP contribution is 2.38. The summed E-state index contributed by atoms with van der Waals surface area (Å²) in [7, 11) is 4.72. The minimum absolute atomic E-state index is 0.0250. The van der Waals surface area contributed by atoms with Crippen LogP contribution in [0.1, 0.15) is 138 Å². The van der Waals surface area contributed by atoms with Gasteiger partial charge in [-0.15, -0.1) is 5.10 Å². The minimum Gasteiger partial charge on any atom is -0.460 e. The largest absolute Gasteiger partial charge is 0.460 e. The maximum absolute atomic E-state index is 14.1. The van der Waals surface area contributed by atoms with Crippen LogP contribution in [0.25, 0.3) is 0 Å². The van der Waals surface area contributed by atoms with E-state index < -0.39 is 60.1 Å². The van der Waals surface area contributed by atoms with E-state index in [2.05, 4.69) is 15.5 Å². The molecule has 0 bridgehead atoms. The molecule has 0 aromatic carbocycles. The number of esters is 1. The van der Waals surface area contributed by atoms with E-state index in [1.54, 1.807) is 45.2 Å². The lowest BCUT2D eigenvalue weighted by Gasteiger charge is -2.38. The standard InChI is InChI=1S/C53H83N5O12/c1-32(17-13-12-14-18-33(2)45(66-9)29-41-22-20-34(3)52(64)69-41)25-37(6)48(61)50(68-11)49(62)38(7)26-35(4)44(60)30-46(70-53(65)43-19-15-16-24-57(43)51(63)39(8)59)36(5)27-40-21-23-42(47(28-40)67-10)58-31-54-55-56-58/h12-14,17-18,26,31-32,34-37,40-43,45-47,49-50,52,62,64H,15-16,19-25,27-30H2,1-11H3/b14-12+,17-13+,33-18+,38-26+/t32-,34-,35-,36-,37?,40+,41+,42+,43+,45+,46+,47-,49-,50?,52+/m1/s1. The van der Waals surface area contributed by atoms with Crippen LogP contribution < -0.4 is 0 Å². The molecule has 17 heteroatoms. The first-order chi connectivity index (χ1) is 33.3. The van der Waals surface area contributed by atoms with Gasteiger partial charge in [0.1, 0.15) is 36.5 Å². The molecule has 3 heterocycles. The number of hydrogen-bond acceptors (Lipinski definition) is 15. The van der Waals surface area contributed by atoms with Gasteiger partial charge in [-0.05, 0) is 117 Å². The third-order valence-corrected chi connectivity index (χ3v) is 14.8. The van der Waals surface area contributed by atoms with E-state index in [0.717, 1.165) is 31.3 Å². The fourth-order valence-electron chi connectivity index (χ4n) is 10.3. The quantitative estimate of drug-likeness (QED) is 0.0428. The summed E-state index contributed by atoms with van der Waals surface area (Å²) in [5.74, 6) is -3.59. The number of aliphatic hydroxyl groups excluding tert-OH is 2. The molecule has 17 nitrogen and oxygen atoms in total. The van der Waals surface area contributed by atoms with Gasteiger partial charge in [0.25, 0.3) is 5.91 Å². The lowest BCUT2D eigenvalue weighted by atomic mass is 9.77. The number of allylic oxidation sites excluding steroid dienone is 6. The van der Waals surface area contributed by atoms with Crippen LogP contribution >= 0.6 is 0 Å². The molecule has 1 aromatic rings. The number of likely N-dealkylation sites (tertiary alicyclic amines) is 1. The number of amides is 1. The van der Waals surface area contributed by atoms with E-state index in [1.165, 1.54) is 18.9 Å². The second-order valence-electron chi connectivity index (χ2n) is 20.4. The van der Waals surface area contributed by atoms with Crippen molar-refractivity contribution in [3.8, 4) is 0 Å². The summed E-state index contributed by atoms with van der Waals surface area (Å²) >= 11 is 0. The molecule has 0 spiro atoms. The van der Waals surface area contributed by atoms with Crippen LogP contribution in [-0.2, 0) is 47.7 Å². The number of aromatic nitrogens is 4. The van der Waals surface area contributed by atoms with Gasteiger partial charge in [0.05, 0.1) is 24.4 Å². The Labute approximate surface area is 415 Å². The predicted molar refractivity (Wildman–Crippen MR) is 263 cm³/mol. The van der Waals surface area contributed by atoms with Crippen molar-refractivity contribution in [2.24, 2.45) is 35.5 Å². The van der Waals surface area contributed by atoms with Crippen molar-refractivity contribution >= 4 is 29.2 Å². The van der Waals surface area contributed by atoms with Crippen molar-refractivity contribution in [3.05, 3.63) is 53.9 Å². The molecule has 1 amide bonds. The molecule has 3 aliphatic rings. The number of carbonyl (C=O) groups excluding carboxylic acids is 5. The van der Waals surface area contributed by atoms with Crippen molar-refractivity contribution < 1.29 is 57.9 Å². The van der Waals surface area contributed by atoms with Crippen LogP contribution in [-0.4, -0.2) is 141 Å². The van der Waals surface area contributed by atoms with Gasteiger partial charge in [-0.25, -0.2) is 9.48 Å². The highest BCUT2D eigenvalue weighted by molar-refractivity contribution is 6.35. The SMILES string of the molecule is COC(C(=O)C(C)C[C@H](C)/C=C/C=C/C=C(\C)[C@H](C[C@@H]1CC[C@@H](C)[C@@H](O)O1)OC)[C@H](O)/C(C)=C/[C@@H](C)C(=O)C[C@H](OC(=O)[C@@H]1CCCCN1C(=O)C(C)=O)[C@H](C)C[C@@H]1CC[C@H](n2cnnn2)[C@H](OC)C1. The van der Waals surface area contributed by atoms with E-state index in [9.17, 15) is 34.2 Å². The number of ketones is 3. The van der Waals surface area contributed by atoms with Crippen LogP contribution in [0.2, 0.25) is 0 Å². The average Bonchev–Trinajstić information content (AvgIpc) is 3.88. The topological polar surface area (TPSA) is 219 Å². The summed E-state index contributed by atoms with van der Waals surface area (Å²) in [5, 5.41) is 33.3. The highest BCUT2D eigenvalue weighted by Gasteiger charge is 2.40. The molecule has 0 radical (unpaired) electrons. The normalized spacial score (nSPS) is 27.3. The number of carbonyl (C=O) groups is 5. The van der Waals surface area contributed by atoms with E-state index in [-0.39, 0.29) is 72.6 Å². The van der Waals surface area contributed by atoms with Crippen molar-refractivity contribution in [1.29, 1.82) is 0 Å². The number of Topliss-reactive ketones (excluding diaryl/α,β-unsaturated/α-hetero) is 3. The molecule has 2 saturated heterocycles. The van der Waals surface area contributed by atoms with Crippen LogP contribution in [0.4, 0.5) is 0 Å². The van der Waals surface area contributed by atoms with E-state index in [1.807, 2.05) is 65.0 Å². The molecule has 2 N–H and O–H groups in total. The number of aliphatic hydroxyl groups is 2. The van der Waals surface area contributed by atoms with E-state index in [0.29, 0.717) is 50.5 Å². The molecule has 392 valence electrons. The van der Waals surface area contributed by atoms with Crippen LogP contribution in [0, 0.1) is 35.5 Å². The minimum atomic E-state index is -1.31. The molecule has 3 fully saturated rings. The second-order valence-corrected chi connectivity index (χ2v) is 20.4. The molecule has 2 unspecified atom stereocenters. The fourth-order valence-corrected chi connectivity index (χ4v) is 10.3. The molecule has 15 atom stereocenters. The number of tetrazole rings is 1. The maximum Gasteiger partial charge on any atom is 0.329 e. The highest BCUT2D eigenvalue weighted by atomic mass is 16.6. The number of nitrogens with zero attached hydrogens (tertiary/aromatic N) is 5. The molecular weight excluding hydrogens is 899 g/mol. The van der Waals surface area contributed by atoms with Crippen molar-refractivity contribution in [2.75, 3.05) is 27.9 Å². The van der Waals surface area contributed by atoms with Gasteiger partial charge in [-0.2, -0.15) is 0 Å². The third kappa shape index (κ3) is 16.9. The summed E-state index contributed by atoms with van der Waals surface area (Å²) in [5.41, 5.74) is 1.44. The number of ether oxygens (including phenoxy) is 5. The smallest absolute Gasteiger partial charge is 0.329 e. The summed E-state index contributed by atoms with van der Waals surface area (Å²) in [6, 6.07) is -0.958. The predicted octanol–water partition coefficient (Wildman–Crippen LogP) is 6.68. The monoisotopic (exact) mass is 982 g/mol. The average molecular weight is 982 g/mol. The van der Waals surface area contributed by atoms with Gasteiger partial charge in [0, 0.05) is 65.4 Å². The zero-order valence-electron chi connectivity index (χ0n) is 43.6. The summed E-state index contributed by atoms with van der Waals surface area (Å²) in [4.78, 5) is 68.1. The number of hydrogen-bond donors (Lipinski definition) is 2. The fraction of sp³-hybridized carbons (Fsp3) is 0.736. The van der Waals surface area contributed by atoms with Crippen molar-refractivity contribution in [2.45, 2.75) is 187 Å². The molecule has 2 aliphatic heterocycles. The van der Waals surface area contributed by atoms with Crippen LogP contribution in [0.15, 0.2) is 53.9 Å².